The molecular formula is C20H38O2. The molecule has 0 heterocycles. The molecule has 2 atom stereocenters. The molecule has 2 heteroatoms. The summed E-state index contributed by atoms with van der Waals surface area (Å²) in [6.45, 7) is 11.3. The Balaban J connectivity index is 3.60. The van der Waals surface area contributed by atoms with Gasteiger partial charge >= 0.3 is 5.97 Å². The van der Waals surface area contributed by atoms with Crippen molar-refractivity contribution in [1.29, 1.82) is 0 Å². The molecule has 0 saturated heterocycles. The van der Waals surface area contributed by atoms with Gasteiger partial charge in [-0.25, -0.2) is 4.79 Å². The molecule has 0 aliphatic carbocycles. The molecule has 0 aliphatic rings. The summed E-state index contributed by atoms with van der Waals surface area (Å²) in [5.41, 5.74) is 0.985. The van der Waals surface area contributed by atoms with Gasteiger partial charge < -0.3 is 5.11 Å². The first-order valence-electron chi connectivity index (χ1n) is 9.21. The van der Waals surface area contributed by atoms with Crippen molar-refractivity contribution in [3.8, 4) is 0 Å². The summed E-state index contributed by atoms with van der Waals surface area (Å²) < 4.78 is 0. The second-order valence-electron chi connectivity index (χ2n) is 7.69. The van der Waals surface area contributed by atoms with E-state index in [0.717, 1.165) is 36.2 Å². The number of hydrogen-bond donors (Lipinski definition) is 1. The zero-order valence-corrected chi connectivity index (χ0v) is 15.5. The van der Waals surface area contributed by atoms with Gasteiger partial charge in [0.05, 0.1) is 0 Å². The number of carboxylic acids is 1. The van der Waals surface area contributed by atoms with Crippen LogP contribution in [0.15, 0.2) is 11.6 Å². The first kappa shape index (κ1) is 21.2. The van der Waals surface area contributed by atoms with Crippen molar-refractivity contribution < 1.29 is 9.90 Å². The zero-order valence-electron chi connectivity index (χ0n) is 15.5. The largest absolute Gasteiger partial charge is 0.478 e. The van der Waals surface area contributed by atoms with Gasteiger partial charge in [0.1, 0.15) is 0 Å². The van der Waals surface area contributed by atoms with Gasteiger partial charge in [0.25, 0.3) is 0 Å². The Labute approximate surface area is 138 Å². The molecule has 0 amide bonds. The predicted molar refractivity (Wildman–Crippen MR) is 96.1 cm³/mol. The van der Waals surface area contributed by atoms with E-state index in [0.29, 0.717) is 0 Å². The molecule has 22 heavy (non-hydrogen) atoms. The van der Waals surface area contributed by atoms with Gasteiger partial charge in [-0.3, -0.25) is 0 Å². The fourth-order valence-corrected chi connectivity index (χ4v) is 2.99. The van der Waals surface area contributed by atoms with Gasteiger partial charge in [-0.15, -0.1) is 0 Å². The van der Waals surface area contributed by atoms with Crippen molar-refractivity contribution in [3.63, 3.8) is 0 Å². The lowest BCUT2D eigenvalue weighted by Gasteiger charge is -2.15. The second-order valence-corrected chi connectivity index (χ2v) is 7.69. The van der Waals surface area contributed by atoms with Gasteiger partial charge in [0.2, 0.25) is 0 Å². The molecule has 130 valence electrons. The van der Waals surface area contributed by atoms with Crippen LogP contribution in [0, 0.1) is 17.8 Å². The fourth-order valence-electron chi connectivity index (χ4n) is 2.99. The van der Waals surface area contributed by atoms with Gasteiger partial charge in [-0.2, -0.15) is 0 Å². The Morgan fingerprint density at radius 3 is 1.77 bits per heavy atom. The minimum Gasteiger partial charge on any atom is -0.478 e. The van der Waals surface area contributed by atoms with E-state index in [1.54, 1.807) is 0 Å². The predicted octanol–water partition coefficient (Wildman–Crippen LogP) is 6.46. The third kappa shape index (κ3) is 14.2. The topological polar surface area (TPSA) is 37.3 Å². The highest BCUT2D eigenvalue weighted by molar-refractivity contribution is 5.80. The van der Waals surface area contributed by atoms with Crippen molar-refractivity contribution in [2.45, 2.75) is 92.4 Å². The van der Waals surface area contributed by atoms with Crippen LogP contribution in [0.3, 0.4) is 0 Å². The van der Waals surface area contributed by atoms with Crippen LogP contribution in [0.5, 0.6) is 0 Å². The summed E-state index contributed by atoms with van der Waals surface area (Å²) in [6, 6.07) is 0. The fraction of sp³-hybridized carbons (Fsp3) is 0.850. The van der Waals surface area contributed by atoms with E-state index in [2.05, 4.69) is 27.7 Å². The Bertz CT molecular complexity index is 318. The van der Waals surface area contributed by atoms with E-state index in [-0.39, 0.29) is 0 Å². The van der Waals surface area contributed by atoms with Crippen molar-refractivity contribution in [2.75, 3.05) is 0 Å². The summed E-state index contributed by atoms with van der Waals surface area (Å²) in [5.74, 6) is 1.65. The molecule has 0 saturated carbocycles. The van der Waals surface area contributed by atoms with E-state index in [9.17, 15) is 4.79 Å². The SMILES string of the molecule is C/C(=C/C(=O)O)CCC[C@H](C)CCC[C@H](C)CCCC(C)C. The summed E-state index contributed by atoms with van der Waals surface area (Å²) in [7, 11) is 0. The third-order valence-electron chi connectivity index (χ3n) is 4.51. The molecule has 2 nitrogen and oxygen atoms in total. The maximum absolute atomic E-state index is 10.5. The normalized spacial score (nSPS) is 15.1. The number of carboxylic acid groups (broad SMARTS) is 1. The highest BCUT2D eigenvalue weighted by atomic mass is 16.4. The molecule has 0 spiro atoms. The molecule has 0 bridgehead atoms. The first-order valence-corrected chi connectivity index (χ1v) is 9.21. The molecule has 0 rings (SSSR count). The Morgan fingerprint density at radius 2 is 1.32 bits per heavy atom. The summed E-state index contributed by atoms with van der Waals surface area (Å²) in [4.78, 5) is 10.5. The van der Waals surface area contributed by atoms with Gasteiger partial charge in [-0.1, -0.05) is 78.2 Å². The van der Waals surface area contributed by atoms with Crippen molar-refractivity contribution in [1.82, 2.24) is 0 Å². The number of hydrogen-bond acceptors (Lipinski definition) is 1. The molecule has 0 aromatic heterocycles. The monoisotopic (exact) mass is 310 g/mol. The standard InChI is InChI=1S/C20H38O2/c1-16(2)9-6-10-17(3)11-7-12-18(4)13-8-14-19(5)15-20(21)22/h15-18H,6-14H2,1-5H3,(H,21,22)/b19-15-/t17-,18-/m1/s1. The van der Waals surface area contributed by atoms with Crippen molar-refractivity contribution in [3.05, 3.63) is 11.6 Å². The number of rotatable bonds is 13. The summed E-state index contributed by atoms with van der Waals surface area (Å²) in [6.07, 6.45) is 12.7. The van der Waals surface area contributed by atoms with Crippen LogP contribution in [0.25, 0.3) is 0 Å². The summed E-state index contributed by atoms with van der Waals surface area (Å²) >= 11 is 0. The van der Waals surface area contributed by atoms with Crippen LogP contribution in [-0.4, -0.2) is 11.1 Å². The van der Waals surface area contributed by atoms with Crippen LogP contribution in [0.4, 0.5) is 0 Å². The van der Waals surface area contributed by atoms with Gasteiger partial charge in [0, 0.05) is 6.08 Å². The third-order valence-corrected chi connectivity index (χ3v) is 4.51. The van der Waals surface area contributed by atoms with Crippen LogP contribution in [-0.2, 0) is 4.79 Å². The van der Waals surface area contributed by atoms with Gasteiger partial charge in [0.15, 0.2) is 0 Å². The minimum absolute atomic E-state index is 0.764. The van der Waals surface area contributed by atoms with E-state index >= 15 is 0 Å². The molecule has 0 radical (unpaired) electrons. The molecule has 0 aromatic carbocycles. The number of aliphatic carboxylic acids is 1. The zero-order chi connectivity index (χ0) is 17.0. The lowest BCUT2D eigenvalue weighted by molar-refractivity contribution is -0.131. The highest BCUT2D eigenvalue weighted by Gasteiger charge is 2.06. The van der Waals surface area contributed by atoms with Crippen molar-refractivity contribution >= 4 is 5.97 Å². The first-order chi connectivity index (χ1) is 10.3. The molecular weight excluding hydrogens is 272 g/mol. The van der Waals surface area contributed by atoms with E-state index in [1.807, 2.05) is 6.92 Å². The average molecular weight is 311 g/mol. The quantitative estimate of drug-likeness (QED) is 0.396. The van der Waals surface area contributed by atoms with Crippen LogP contribution >= 0.6 is 0 Å². The minimum atomic E-state index is -0.822. The van der Waals surface area contributed by atoms with Gasteiger partial charge in [-0.05, 0) is 37.5 Å². The highest BCUT2D eigenvalue weighted by Crippen LogP contribution is 2.21. The Morgan fingerprint density at radius 1 is 0.864 bits per heavy atom. The van der Waals surface area contributed by atoms with Crippen molar-refractivity contribution in [2.24, 2.45) is 17.8 Å². The lowest BCUT2D eigenvalue weighted by Crippen LogP contribution is -2.00. The van der Waals surface area contributed by atoms with E-state index in [4.69, 9.17) is 5.11 Å². The molecule has 0 fully saturated rings. The van der Waals surface area contributed by atoms with Crippen LogP contribution < -0.4 is 0 Å². The molecule has 0 aromatic rings. The second kappa shape index (κ2) is 12.7. The smallest absolute Gasteiger partial charge is 0.328 e. The number of allylic oxidation sites excluding steroid dienone is 1. The van der Waals surface area contributed by atoms with Crippen LogP contribution in [0.2, 0.25) is 0 Å². The lowest BCUT2D eigenvalue weighted by atomic mass is 9.91. The Kier molecular flexibility index (Phi) is 12.3. The molecule has 0 aliphatic heterocycles. The number of carbonyl (C=O) groups is 1. The van der Waals surface area contributed by atoms with Crippen LogP contribution in [0.1, 0.15) is 92.4 Å². The average Bonchev–Trinajstić information content (AvgIpc) is 2.37. The summed E-state index contributed by atoms with van der Waals surface area (Å²) in [5, 5.41) is 8.68. The Hall–Kier alpha value is -0.790. The van der Waals surface area contributed by atoms with E-state index in [1.165, 1.54) is 51.0 Å². The van der Waals surface area contributed by atoms with E-state index < -0.39 is 5.97 Å². The maximum atomic E-state index is 10.5. The molecule has 0 unspecified atom stereocenters. The molecule has 1 N–H and O–H groups in total. The maximum Gasteiger partial charge on any atom is 0.328 e.